The third-order valence-electron chi connectivity index (χ3n) is 5.56. The average molecular weight is 502 g/mol. The summed E-state index contributed by atoms with van der Waals surface area (Å²) < 4.78 is 31.8. The van der Waals surface area contributed by atoms with E-state index in [2.05, 4.69) is 5.32 Å². The molecule has 3 rings (SSSR count). The number of nitrogens with one attached hydrogen (secondary N) is 1. The van der Waals surface area contributed by atoms with Gasteiger partial charge in [0.05, 0.1) is 12.7 Å². The molecular weight excluding hydrogens is 470 g/mol. The van der Waals surface area contributed by atoms with Crippen LogP contribution in [-0.4, -0.2) is 60.6 Å². The van der Waals surface area contributed by atoms with Crippen LogP contribution in [0.15, 0.2) is 53.4 Å². The summed E-state index contributed by atoms with van der Waals surface area (Å²) in [5.41, 5.74) is 0.182. The molecule has 0 unspecified atom stereocenters. The lowest BCUT2D eigenvalue weighted by atomic mass is 10.1. The Hall–Kier alpha value is -3.40. The maximum absolute atomic E-state index is 13.6. The fourth-order valence-corrected chi connectivity index (χ4v) is 5.46. The van der Waals surface area contributed by atoms with Crippen LogP contribution >= 0.6 is 0 Å². The molecule has 1 aliphatic rings. The number of rotatable bonds is 8. The van der Waals surface area contributed by atoms with Crippen molar-refractivity contribution in [3.05, 3.63) is 59.7 Å². The van der Waals surface area contributed by atoms with E-state index in [9.17, 15) is 22.8 Å². The highest BCUT2D eigenvalue weighted by atomic mass is 32.2. The van der Waals surface area contributed by atoms with E-state index >= 15 is 0 Å². The summed E-state index contributed by atoms with van der Waals surface area (Å²) in [4.78, 5) is 40.7. The van der Waals surface area contributed by atoms with Crippen molar-refractivity contribution in [2.24, 2.45) is 0 Å². The zero-order chi connectivity index (χ0) is 26.0. The monoisotopic (exact) mass is 501 g/mol. The molecule has 9 nitrogen and oxygen atoms in total. The first kappa shape index (κ1) is 26.2. The fraction of sp³-hybridized carbons (Fsp3) is 0.400. The van der Waals surface area contributed by atoms with E-state index in [1.54, 1.807) is 37.3 Å². The molecule has 35 heavy (non-hydrogen) atoms. The summed E-state index contributed by atoms with van der Waals surface area (Å²) in [6.45, 7) is 6.59. The van der Waals surface area contributed by atoms with Crippen LogP contribution in [0.4, 0.5) is 0 Å². The highest BCUT2D eigenvalue weighted by molar-refractivity contribution is 7.90. The van der Waals surface area contributed by atoms with Crippen LogP contribution in [0.25, 0.3) is 0 Å². The number of hydrogen-bond donors (Lipinski definition) is 1. The minimum Gasteiger partial charge on any atom is -0.497 e. The summed E-state index contributed by atoms with van der Waals surface area (Å²) in [5, 5.41) is 2.89. The molecule has 0 saturated heterocycles. The minimum atomic E-state index is -4.17. The Morgan fingerprint density at radius 2 is 1.80 bits per heavy atom. The molecule has 1 N–H and O–H groups in total. The van der Waals surface area contributed by atoms with E-state index < -0.39 is 40.0 Å². The van der Waals surface area contributed by atoms with Gasteiger partial charge in [-0.1, -0.05) is 31.2 Å². The number of sulfonamides is 1. The van der Waals surface area contributed by atoms with Crippen LogP contribution in [-0.2, 0) is 26.2 Å². The summed E-state index contributed by atoms with van der Waals surface area (Å²) in [6.07, 6.45) is 0.290. The molecule has 0 radical (unpaired) electrons. The maximum Gasteiger partial charge on any atom is 0.269 e. The SMILES string of the molecule is CC[C@@H](C(=O)NC(C)(C)C)N(Cc1cccc(OC)c1)C(=O)CN1C(=O)c2ccccc2S1(=O)=O. The first-order valence-electron chi connectivity index (χ1n) is 11.3. The van der Waals surface area contributed by atoms with Crippen molar-refractivity contribution >= 4 is 27.7 Å². The van der Waals surface area contributed by atoms with E-state index in [0.29, 0.717) is 22.0 Å². The smallest absolute Gasteiger partial charge is 0.269 e. The second-order valence-electron chi connectivity index (χ2n) is 9.35. The molecule has 2 aromatic rings. The minimum absolute atomic E-state index is 0.0252. The van der Waals surface area contributed by atoms with Crippen LogP contribution in [0.3, 0.4) is 0 Å². The molecule has 1 atom stereocenters. The van der Waals surface area contributed by atoms with Gasteiger partial charge in [-0.2, -0.15) is 0 Å². The third kappa shape index (κ3) is 5.64. The van der Waals surface area contributed by atoms with Crippen molar-refractivity contribution < 1.29 is 27.5 Å². The number of ether oxygens (including phenoxy) is 1. The molecule has 0 aliphatic carbocycles. The van der Waals surface area contributed by atoms with Crippen molar-refractivity contribution in [1.29, 1.82) is 0 Å². The Labute approximate surface area is 206 Å². The molecule has 2 aromatic carbocycles. The van der Waals surface area contributed by atoms with Gasteiger partial charge in [0.15, 0.2) is 0 Å². The quantitative estimate of drug-likeness (QED) is 0.595. The van der Waals surface area contributed by atoms with E-state index in [-0.39, 0.29) is 22.9 Å². The zero-order valence-electron chi connectivity index (χ0n) is 20.6. The van der Waals surface area contributed by atoms with Crippen molar-refractivity contribution in [2.75, 3.05) is 13.7 Å². The molecule has 0 aromatic heterocycles. The Bertz CT molecular complexity index is 1240. The van der Waals surface area contributed by atoms with Gasteiger partial charge in [0.1, 0.15) is 23.2 Å². The Morgan fingerprint density at radius 3 is 2.40 bits per heavy atom. The molecule has 0 bridgehead atoms. The van der Waals surface area contributed by atoms with Gasteiger partial charge >= 0.3 is 0 Å². The van der Waals surface area contributed by atoms with Gasteiger partial charge in [-0.3, -0.25) is 14.4 Å². The summed E-state index contributed by atoms with van der Waals surface area (Å²) in [7, 11) is -2.65. The predicted molar refractivity (Wildman–Crippen MR) is 130 cm³/mol. The van der Waals surface area contributed by atoms with Crippen LogP contribution in [0.5, 0.6) is 5.75 Å². The third-order valence-corrected chi connectivity index (χ3v) is 7.35. The van der Waals surface area contributed by atoms with Gasteiger partial charge in [0.2, 0.25) is 11.8 Å². The van der Waals surface area contributed by atoms with Crippen molar-refractivity contribution in [3.8, 4) is 5.75 Å². The predicted octanol–water partition coefficient (Wildman–Crippen LogP) is 2.56. The van der Waals surface area contributed by atoms with Gasteiger partial charge in [-0.25, -0.2) is 12.7 Å². The van der Waals surface area contributed by atoms with Gasteiger partial charge in [-0.05, 0) is 57.0 Å². The van der Waals surface area contributed by atoms with E-state index in [4.69, 9.17) is 4.74 Å². The van der Waals surface area contributed by atoms with E-state index in [0.717, 1.165) is 0 Å². The maximum atomic E-state index is 13.6. The molecule has 1 aliphatic heterocycles. The second kappa shape index (κ2) is 10.1. The standard InChI is InChI=1S/C25H31N3O6S/c1-6-20(23(30)26-25(2,3)4)27(15-17-10-9-11-18(14-17)34-5)22(29)16-28-24(31)19-12-7-8-13-21(19)35(28,32)33/h7-14,20H,6,15-16H2,1-5H3,(H,26,30)/t20-/m0/s1. The molecular formula is C25H31N3O6S. The average Bonchev–Trinajstić information content (AvgIpc) is 2.98. The molecule has 3 amide bonds. The Morgan fingerprint density at radius 1 is 1.11 bits per heavy atom. The normalized spacial score (nSPS) is 15.3. The molecule has 1 heterocycles. The Kier molecular flexibility index (Phi) is 7.54. The molecule has 188 valence electrons. The first-order valence-corrected chi connectivity index (χ1v) is 12.7. The van der Waals surface area contributed by atoms with Gasteiger partial charge < -0.3 is 15.0 Å². The van der Waals surface area contributed by atoms with E-state index in [1.807, 2.05) is 20.8 Å². The van der Waals surface area contributed by atoms with Gasteiger partial charge in [-0.15, -0.1) is 0 Å². The number of methoxy groups -OCH3 is 1. The van der Waals surface area contributed by atoms with Gasteiger partial charge in [0.25, 0.3) is 15.9 Å². The largest absolute Gasteiger partial charge is 0.497 e. The van der Waals surface area contributed by atoms with Crippen molar-refractivity contribution in [2.45, 2.75) is 57.1 Å². The zero-order valence-corrected chi connectivity index (χ0v) is 21.4. The topological polar surface area (TPSA) is 113 Å². The first-order chi connectivity index (χ1) is 16.4. The summed E-state index contributed by atoms with van der Waals surface area (Å²) in [6, 6.07) is 12.0. The molecule has 10 heteroatoms. The number of hydrogen-bond acceptors (Lipinski definition) is 6. The highest BCUT2D eigenvalue weighted by Crippen LogP contribution is 2.30. The Balaban J connectivity index is 1.95. The van der Waals surface area contributed by atoms with Crippen LogP contribution in [0.1, 0.15) is 50.0 Å². The lowest BCUT2D eigenvalue weighted by Gasteiger charge is -2.33. The molecule has 0 saturated carbocycles. The fourth-order valence-electron chi connectivity index (χ4n) is 3.94. The van der Waals surface area contributed by atoms with E-state index in [1.165, 1.54) is 30.2 Å². The van der Waals surface area contributed by atoms with Crippen molar-refractivity contribution in [1.82, 2.24) is 14.5 Å². The summed E-state index contributed by atoms with van der Waals surface area (Å²) in [5.74, 6) is -1.21. The number of amides is 3. The molecule has 0 fully saturated rings. The highest BCUT2D eigenvalue weighted by Gasteiger charge is 2.43. The number of carbonyl (C=O) groups excluding carboxylic acids is 3. The second-order valence-corrected chi connectivity index (χ2v) is 11.2. The van der Waals surface area contributed by atoms with Gasteiger partial charge in [0, 0.05) is 12.1 Å². The van der Waals surface area contributed by atoms with Crippen LogP contribution in [0, 0.1) is 0 Å². The number of carbonyl (C=O) groups is 3. The van der Waals surface area contributed by atoms with Crippen LogP contribution in [0.2, 0.25) is 0 Å². The van der Waals surface area contributed by atoms with Crippen LogP contribution < -0.4 is 10.1 Å². The number of fused-ring (bicyclic) bond motifs is 1. The summed E-state index contributed by atoms with van der Waals surface area (Å²) >= 11 is 0. The van der Waals surface area contributed by atoms with Crippen molar-refractivity contribution in [3.63, 3.8) is 0 Å². The number of benzene rings is 2. The number of nitrogens with zero attached hydrogens (tertiary/aromatic N) is 2. The lowest BCUT2D eigenvalue weighted by molar-refractivity contribution is -0.141. The lowest BCUT2D eigenvalue weighted by Crippen LogP contribution is -2.55. The molecule has 0 spiro atoms.